The average molecular weight is 264 g/mol. The molecule has 1 unspecified atom stereocenters. The van der Waals surface area contributed by atoms with Gasteiger partial charge in [0.2, 0.25) is 0 Å². The third-order valence-corrected chi connectivity index (χ3v) is 3.77. The summed E-state index contributed by atoms with van der Waals surface area (Å²) in [6.07, 6.45) is 0.943. The summed E-state index contributed by atoms with van der Waals surface area (Å²) in [5.74, 6) is 1.50. The Bertz CT molecular complexity index is 535. The molecule has 0 saturated heterocycles. The average Bonchev–Trinajstić information content (AvgIpc) is 2.92. The van der Waals surface area contributed by atoms with Gasteiger partial charge in [-0.1, -0.05) is 60.7 Å². The molecule has 1 atom stereocenters. The molecule has 2 aromatic rings. The molecule has 0 aromatic heterocycles. The highest BCUT2D eigenvalue weighted by Gasteiger charge is 2.20. The number of hydrogen-bond acceptors (Lipinski definition) is 2. The van der Waals surface area contributed by atoms with Crippen LogP contribution in [-0.4, -0.2) is 18.4 Å². The van der Waals surface area contributed by atoms with Gasteiger partial charge in [0.1, 0.15) is 0 Å². The zero-order valence-corrected chi connectivity index (χ0v) is 11.8. The van der Waals surface area contributed by atoms with Crippen molar-refractivity contribution in [3.8, 4) is 0 Å². The minimum atomic E-state index is 0.369. The molecular weight excluding hydrogens is 244 g/mol. The molecule has 1 aliphatic rings. The van der Waals surface area contributed by atoms with Gasteiger partial charge >= 0.3 is 0 Å². The molecule has 2 aromatic carbocycles. The molecule has 0 radical (unpaired) electrons. The first-order valence-electron chi connectivity index (χ1n) is 7.22. The number of benzene rings is 2. The summed E-state index contributed by atoms with van der Waals surface area (Å²) in [4.78, 5) is 4.61. The predicted octanol–water partition coefficient (Wildman–Crippen LogP) is 3.60. The van der Waals surface area contributed by atoms with Gasteiger partial charge in [-0.2, -0.15) is 0 Å². The fourth-order valence-corrected chi connectivity index (χ4v) is 2.74. The molecule has 102 valence electrons. The smallest absolute Gasteiger partial charge is 0.0976 e. The number of rotatable bonds is 4. The molecule has 3 rings (SSSR count). The minimum absolute atomic E-state index is 0.369. The maximum atomic E-state index is 4.61. The van der Waals surface area contributed by atoms with Gasteiger partial charge in [0.25, 0.3) is 0 Å². The van der Waals surface area contributed by atoms with Crippen molar-refractivity contribution in [3.05, 3.63) is 71.8 Å². The largest absolute Gasteiger partial charge is 0.369 e. The van der Waals surface area contributed by atoms with Gasteiger partial charge in [0.15, 0.2) is 0 Å². The van der Waals surface area contributed by atoms with Crippen LogP contribution in [0.2, 0.25) is 0 Å². The van der Waals surface area contributed by atoms with Crippen molar-refractivity contribution in [2.75, 3.05) is 6.54 Å². The molecule has 0 aliphatic carbocycles. The molecule has 1 aliphatic heterocycles. The van der Waals surface area contributed by atoms with Crippen LogP contribution < -0.4 is 5.32 Å². The van der Waals surface area contributed by atoms with Crippen LogP contribution in [0.3, 0.4) is 0 Å². The monoisotopic (exact) mass is 264 g/mol. The SMILES string of the molecule is CC1CN=C(CC(c2ccccc2)c2ccccc2)N1. The molecule has 0 amide bonds. The van der Waals surface area contributed by atoms with Gasteiger partial charge in [-0.05, 0) is 18.1 Å². The van der Waals surface area contributed by atoms with Gasteiger partial charge < -0.3 is 5.32 Å². The van der Waals surface area contributed by atoms with Crippen LogP contribution in [0.1, 0.15) is 30.4 Å². The first kappa shape index (κ1) is 12.9. The third-order valence-electron chi connectivity index (χ3n) is 3.77. The van der Waals surface area contributed by atoms with E-state index in [1.54, 1.807) is 0 Å². The van der Waals surface area contributed by atoms with Crippen molar-refractivity contribution in [2.24, 2.45) is 4.99 Å². The maximum Gasteiger partial charge on any atom is 0.0976 e. The van der Waals surface area contributed by atoms with E-state index in [0.717, 1.165) is 18.8 Å². The van der Waals surface area contributed by atoms with Gasteiger partial charge in [-0.15, -0.1) is 0 Å². The third kappa shape index (κ3) is 2.90. The quantitative estimate of drug-likeness (QED) is 0.896. The highest BCUT2D eigenvalue weighted by Crippen LogP contribution is 2.28. The van der Waals surface area contributed by atoms with Crippen LogP contribution in [-0.2, 0) is 0 Å². The number of aliphatic imine (C=N–C) groups is 1. The molecule has 0 fully saturated rings. The summed E-state index contributed by atoms with van der Waals surface area (Å²) in [7, 11) is 0. The van der Waals surface area contributed by atoms with Crippen LogP contribution in [0.4, 0.5) is 0 Å². The minimum Gasteiger partial charge on any atom is -0.369 e. The van der Waals surface area contributed by atoms with E-state index < -0.39 is 0 Å². The van der Waals surface area contributed by atoms with Crippen molar-refractivity contribution in [1.29, 1.82) is 0 Å². The van der Waals surface area contributed by atoms with Crippen LogP contribution in [0, 0.1) is 0 Å². The first-order chi connectivity index (χ1) is 9.83. The second-order valence-corrected chi connectivity index (χ2v) is 5.41. The Morgan fingerprint density at radius 1 is 1.00 bits per heavy atom. The Hall–Kier alpha value is -2.09. The highest BCUT2D eigenvalue weighted by atomic mass is 15.1. The standard InChI is InChI=1S/C18H20N2/c1-14-13-19-18(20-14)12-17(15-8-4-2-5-9-15)16-10-6-3-7-11-16/h2-11,14,17H,12-13H2,1H3,(H,19,20). The molecule has 20 heavy (non-hydrogen) atoms. The molecule has 2 heteroatoms. The Morgan fingerprint density at radius 2 is 1.55 bits per heavy atom. The Labute approximate surface area is 120 Å². The first-order valence-corrected chi connectivity index (χ1v) is 7.22. The van der Waals surface area contributed by atoms with E-state index >= 15 is 0 Å². The number of amidine groups is 1. The van der Waals surface area contributed by atoms with E-state index in [0.29, 0.717) is 12.0 Å². The maximum absolute atomic E-state index is 4.61. The van der Waals surface area contributed by atoms with E-state index in [1.807, 2.05) is 0 Å². The van der Waals surface area contributed by atoms with Gasteiger partial charge in [-0.25, -0.2) is 0 Å². The molecule has 0 spiro atoms. The highest BCUT2D eigenvalue weighted by molar-refractivity contribution is 5.85. The van der Waals surface area contributed by atoms with E-state index in [1.165, 1.54) is 11.1 Å². The summed E-state index contributed by atoms with van der Waals surface area (Å²) in [5.41, 5.74) is 2.70. The Balaban J connectivity index is 1.88. The normalized spacial score (nSPS) is 17.9. The molecule has 1 heterocycles. The molecule has 1 N–H and O–H groups in total. The van der Waals surface area contributed by atoms with Gasteiger partial charge in [0, 0.05) is 18.4 Å². The number of hydrogen-bond donors (Lipinski definition) is 1. The molecule has 0 saturated carbocycles. The van der Waals surface area contributed by atoms with Crippen LogP contribution >= 0.6 is 0 Å². The van der Waals surface area contributed by atoms with E-state index in [2.05, 4.69) is 77.9 Å². The lowest BCUT2D eigenvalue weighted by Gasteiger charge is -2.19. The fraction of sp³-hybridized carbons (Fsp3) is 0.278. The van der Waals surface area contributed by atoms with Crippen LogP contribution in [0.5, 0.6) is 0 Å². The second kappa shape index (κ2) is 5.91. The second-order valence-electron chi connectivity index (χ2n) is 5.41. The van der Waals surface area contributed by atoms with Crippen LogP contribution in [0.15, 0.2) is 65.7 Å². The summed E-state index contributed by atoms with van der Waals surface area (Å²) in [6, 6.07) is 21.9. The van der Waals surface area contributed by atoms with Crippen molar-refractivity contribution >= 4 is 5.84 Å². The summed E-state index contributed by atoms with van der Waals surface area (Å²) in [5, 5.41) is 3.47. The lowest BCUT2D eigenvalue weighted by atomic mass is 9.88. The number of nitrogens with zero attached hydrogens (tertiary/aromatic N) is 1. The van der Waals surface area contributed by atoms with E-state index in [-0.39, 0.29) is 0 Å². The predicted molar refractivity (Wildman–Crippen MR) is 84.2 cm³/mol. The summed E-state index contributed by atoms with van der Waals surface area (Å²) in [6.45, 7) is 3.07. The topological polar surface area (TPSA) is 24.4 Å². The lowest BCUT2D eigenvalue weighted by molar-refractivity contribution is 0.715. The lowest BCUT2D eigenvalue weighted by Crippen LogP contribution is -2.28. The summed E-state index contributed by atoms with van der Waals surface area (Å²) < 4.78 is 0. The zero-order chi connectivity index (χ0) is 13.8. The van der Waals surface area contributed by atoms with E-state index in [9.17, 15) is 0 Å². The van der Waals surface area contributed by atoms with Crippen LogP contribution in [0.25, 0.3) is 0 Å². The van der Waals surface area contributed by atoms with E-state index in [4.69, 9.17) is 0 Å². The zero-order valence-electron chi connectivity index (χ0n) is 11.8. The Kier molecular flexibility index (Phi) is 3.82. The van der Waals surface area contributed by atoms with Crippen molar-refractivity contribution in [3.63, 3.8) is 0 Å². The molecular formula is C18H20N2. The van der Waals surface area contributed by atoms with Gasteiger partial charge in [0.05, 0.1) is 12.4 Å². The fourth-order valence-electron chi connectivity index (χ4n) is 2.74. The molecule has 0 bridgehead atoms. The van der Waals surface area contributed by atoms with Crippen molar-refractivity contribution < 1.29 is 0 Å². The molecule has 2 nitrogen and oxygen atoms in total. The summed E-state index contributed by atoms with van der Waals surface area (Å²) >= 11 is 0. The van der Waals surface area contributed by atoms with Crippen molar-refractivity contribution in [2.45, 2.75) is 25.3 Å². The van der Waals surface area contributed by atoms with Gasteiger partial charge in [-0.3, -0.25) is 4.99 Å². The Morgan fingerprint density at radius 3 is 2.00 bits per heavy atom. The van der Waals surface area contributed by atoms with Crippen molar-refractivity contribution in [1.82, 2.24) is 5.32 Å². The number of nitrogens with one attached hydrogen (secondary N) is 1.